The Balaban J connectivity index is 2.75. The fourth-order valence-electron chi connectivity index (χ4n) is 1.40. The van der Waals surface area contributed by atoms with E-state index in [2.05, 4.69) is 4.74 Å². The summed E-state index contributed by atoms with van der Waals surface area (Å²) < 4.78 is 9.43. The number of carbonyl (C=O) groups is 1. The second-order valence-electron chi connectivity index (χ2n) is 3.30. The van der Waals surface area contributed by atoms with Gasteiger partial charge in [-0.15, -0.1) is 0 Å². The second-order valence-corrected chi connectivity index (χ2v) is 3.30. The van der Waals surface area contributed by atoms with Crippen molar-refractivity contribution >= 4 is 5.97 Å². The maximum atomic E-state index is 10.7. The van der Waals surface area contributed by atoms with Crippen LogP contribution in [0, 0.1) is 0 Å². The van der Waals surface area contributed by atoms with E-state index in [9.17, 15) is 15.0 Å². The van der Waals surface area contributed by atoms with E-state index in [0.29, 0.717) is 0 Å². The average molecular weight is 222 g/mol. The molecular weight excluding hydrogens is 208 g/mol. The monoisotopic (exact) mass is 222 g/mol. The van der Waals surface area contributed by atoms with Gasteiger partial charge in [0.05, 0.1) is 6.61 Å². The van der Waals surface area contributed by atoms with Crippen LogP contribution in [0.4, 0.5) is 0 Å². The van der Waals surface area contributed by atoms with Crippen molar-refractivity contribution in [1.82, 2.24) is 0 Å². The Labute approximate surface area is 85.9 Å². The van der Waals surface area contributed by atoms with E-state index in [1.807, 2.05) is 0 Å². The van der Waals surface area contributed by atoms with Crippen LogP contribution in [0.1, 0.15) is 6.92 Å². The normalized spacial score (nSPS) is 41.3. The summed E-state index contributed by atoms with van der Waals surface area (Å²) in [4.78, 5) is 10.7. The van der Waals surface area contributed by atoms with Gasteiger partial charge in [-0.1, -0.05) is 0 Å². The van der Waals surface area contributed by atoms with Crippen LogP contribution in [0.25, 0.3) is 0 Å². The first kappa shape index (κ1) is 12.3. The lowest BCUT2D eigenvalue weighted by Gasteiger charge is -2.39. The zero-order chi connectivity index (χ0) is 11.6. The lowest BCUT2D eigenvalue weighted by atomic mass is 9.99. The van der Waals surface area contributed by atoms with Crippen LogP contribution >= 0.6 is 0 Å². The third kappa shape index (κ3) is 2.64. The number of aliphatic hydroxyl groups is 4. The van der Waals surface area contributed by atoms with Crippen LogP contribution in [-0.2, 0) is 14.3 Å². The molecule has 0 saturated carbocycles. The molecule has 0 bridgehead atoms. The number of aliphatic hydroxyl groups excluding tert-OH is 4. The quantitative estimate of drug-likeness (QED) is 0.377. The molecule has 0 radical (unpaired) electrons. The van der Waals surface area contributed by atoms with Crippen molar-refractivity contribution < 1.29 is 34.7 Å². The van der Waals surface area contributed by atoms with Gasteiger partial charge in [0.25, 0.3) is 0 Å². The summed E-state index contributed by atoms with van der Waals surface area (Å²) in [6.07, 6.45) is -6.91. The lowest BCUT2D eigenvalue weighted by molar-refractivity contribution is -0.289. The molecule has 15 heavy (non-hydrogen) atoms. The molecule has 1 fully saturated rings. The van der Waals surface area contributed by atoms with E-state index >= 15 is 0 Å². The van der Waals surface area contributed by atoms with Gasteiger partial charge in [-0.2, -0.15) is 0 Å². The minimum Gasteiger partial charge on any atom is -0.457 e. The third-order valence-corrected chi connectivity index (χ3v) is 2.14. The molecule has 7 nitrogen and oxygen atoms in total. The highest BCUT2D eigenvalue weighted by atomic mass is 16.7. The van der Waals surface area contributed by atoms with Gasteiger partial charge in [-0.3, -0.25) is 4.79 Å². The summed E-state index contributed by atoms with van der Waals surface area (Å²) in [5, 5.41) is 36.7. The molecule has 1 rings (SSSR count). The summed E-state index contributed by atoms with van der Waals surface area (Å²) in [5.74, 6) is -0.676. The molecule has 88 valence electrons. The van der Waals surface area contributed by atoms with E-state index < -0.39 is 43.3 Å². The van der Waals surface area contributed by atoms with Crippen molar-refractivity contribution in [3.8, 4) is 0 Å². The van der Waals surface area contributed by atoms with Crippen molar-refractivity contribution in [2.45, 2.75) is 37.6 Å². The lowest BCUT2D eigenvalue weighted by Crippen LogP contribution is -2.59. The predicted octanol–water partition coefficient (Wildman–Crippen LogP) is -2.65. The molecule has 4 N–H and O–H groups in total. The Bertz CT molecular complexity index is 229. The van der Waals surface area contributed by atoms with E-state index in [1.165, 1.54) is 0 Å². The number of hydrogen-bond donors (Lipinski definition) is 4. The SMILES string of the molecule is CC(=O)O[C@H]1[C@H](O)[C@@H](O)[C@H](O)O[C@@H]1CO. The van der Waals surface area contributed by atoms with Crippen molar-refractivity contribution in [1.29, 1.82) is 0 Å². The fourth-order valence-corrected chi connectivity index (χ4v) is 1.40. The Morgan fingerprint density at radius 3 is 2.40 bits per heavy atom. The molecule has 7 heteroatoms. The topological polar surface area (TPSA) is 116 Å². The molecule has 1 saturated heterocycles. The zero-order valence-electron chi connectivity index (χ0n) is 8.11. The summed E-state index contributed by atoms with van der Waals surface area (Å²) in [6, 6.07) is 0. The van der Waals surface area contributed by atoms with Gasteiger partial charge in [-0.25, -0.2) is 0 Å². The van der Waals surface area contributed by atoms with Gasteiger partial charge < -0.3 is 29.9 Å². The highest BCUT2D eigenvalue weighted by Crippen LogP contribution is 2.22. The van der Waals surface area contributed by atoms with Crippen LogP contribution in [-0.4, -0.2) is 63.7 Å². The van der Waals surface area contributed by atoms with Gasteiger partial charge in [-0.05, 0) is 0 Å². The van der Waals surface area contributed by atoms with Gasteiger partial charge in [0, 0.05) is 6.92 Å². The molecule has 0 aromatic heterocycles. The first-order valence-corrected chi connectivity index (χ1v) is 4.45. The Kier molecular flexibility index (Phi) is 4.00. The number of rotatable bonds is 2. The van der Waals surface area contributed by atoms with E-state index in [0.717, 1.165) is 6.92 Å². The Hall–Kier alpha value is -0.730. The molecule has 1 aliphatic heterocycles. The molecule has 1 aliphatic rings. The summed E-state index contributed by atoms with van der Waals surface area (Å²) in [5.41, 5.74) is 0. The van der Waals surface area contributed by atoms with E-state index in [4.69, 9.17) is 14.9 Å². The number of esters is 1. The first-order chi connectivity index (χ1) is 6.97. The van der Waals surface area contributed by atoms with E-state index in [-0.39, 0.29) is 0 Å². The first-order valence-electron chi connectivity index (χ1n) is 4.45. The molecule has 0 aromatic rings. The summed E-state index contributed by atoms with van der Waals surface area (Å²) in [7, 11) is 0. The molecule has 0 unspecified atom stereocenters. The summed E-state index contributed by atoms with van der Waals surface area (Å²) >= 11 is 0. The van der Waals surface area contributed by atoms with Crippen LogP contribution in [0.5, 0.6) is 0 Å². The molecular formula is C8H14O7. The minimum absolute atomic E-state index is 0.543. The Morgan fingerprint density at radius 2 is 1.93 bits per heavy atom. The van der Waals surface area contributed by atoms with Gasteiger partial charge in [0.1, 0.15) is 18.3 Å². The van der Waals surface area contributed by atoms with Crippen LogP contribution < -0.4 is 0 Å². The van der Waals surface area contributed by atoms with Gasteiger partial charge in [0.2, 0.25) is 0 Å². The second kappa shape index (κ2) is 4.86. The highest BCUT2D eigenvalue weighted by Gasteiger charge is 2.45. The Morgan fingerprint density at radius 1 is 1.33 bits per heavy atom. The largest absolute Gasteiger partial charge is 0.457 e. The number of hydrogen-bond acceptors (Lipinski definition) is 7. The van der Waals surface area contributed by atoms with Crippen molar-refractivity contribution in [3.63, 3.8) is 0 Å². The maximum Gasteiger partial charge on any atom is 0.303 e. The maximum absolute atomic E-state index is 10.7. The van der Waals surface area contributed by atoms with Crippen LogP contribution in [0.15, 0.2) is 0 Å². The molecule has 0 spiro atoms. The van der Waals surface area contributed by atoms with Crippen LogP contribution in [0.2, 0.25) is 0 Å². The standard InChI is InChI=1S/C8H14O7/c1-3(10)14-7-4(2-9)15-8(13)6(12)5(7)11/h4-9,11-13H,2H2,1H3/t4-,5-,6-,7-,8-/m1/s1. The smallest absolute Gasteiger partial charge is 0.303 e. The number of ether oxygens (including phenoxy) is 2. The molecule has 1 heterocycles. The average Bonchev–Trinajstić information content (AvgIpc) is 2.18. The molecule has 0 aliphatic carbocycles. The molecule has 5 atom stereocenters. The fraction of sp³-hybridized carbons (Fsp3) is 0.875. The van der Waals surface area contributed by atoms with E-state index in [1.54, 1.807) is 0 Å². The third-order valence-electron chi connectivity index (χ3n) is 2.14. The minimum atomic E-state index is -1.61. The zero-order valence-corrected chi connectivity index (χ0v) is 8.11. The van der Waals surface area contributed by atoms with Gasteiger partial charge in [0.15, 0.2) is 12.4 Å². The number of carbonyl (C=O) groups excluding carboxylic acids is 1. The summed E-state index contributed by atoms with van der Waals surface area (Å²) in [6.45, 7) is 0.581. The van der Waals surface area contributed by atoms with Gasteiger partial charge >= 0.3 is 5.97 Å². The van der Waals surface area contributed by atoms with Crippen molar-refractivity contribution in [2.24, 2.45) is 0 Å². The van der Waals surface area contributed by atoms with Crippen molar-refractivity contribution in [2.75, 3.05) is 6.61 Å². The molecule has 0 aromatic carbocycles. The van der Waals surface area contributed by atoms with Crippen LogP contribution in [0.3, 0.4) is 0 Å². The van der Waals surface area contributed by atoms with Crippen molar-refractivity contribution in [3.05, 3.63) is 0 Å². The highest BCUT2D eigenvalue weighted by molar-refractivity contribution is 5.66. The predicted molar refractivity (Wildman–Crippen MR) is 45.5 cm³/mol. The molecule has 0 amide bonds.